The molecule has 0 fully saturated rings. The molecular weight excluding hydrogens is 168 g/mol. The number of hydrogen-bond acceptors (Lipinski definition) is 3. The fourth-order valence-electron chi connectivity index (χ4n) is 0.668. The molecule has 0 aliphatic heterocycles. The van der Waals surface area contributed by atoms with Crippen molar-refractivity contribution < 1.29 is 14.3 Å². The molecule has 0 N–H and O–H groups in total. The van der Waals surface area contributed by atoms with Crippen LogP contribution in [0.1, 0.15) is 40.5 Å². The maximum absolute atomic E-state index is 10.8. The Balaban J connectivity index is 3.37. The van der Waals surface area contributed by atoms with E-state index in [1.165, 1.54) is 0 Å². The third-order valence-corrected chi connectivity index (χ3v) is 1.50. The van der Waals surface area contributed by atoms with Gasteiger partial charge in [-0.05, 0) is 18.3 Å². The van der Waals surface area contributed by atoms with Gasteiger partial charge in [-0.25, -0.2) is 4.79 Å². The molecule has 0 spiro atoms. The highest BCUT2D eigenvalue weighted by Gasteiger charge is 2.11. The lowest BCUT2D eigenvalue weighted by Gasteiger charge is -2.17. The highest BCUT2D eigenvalue weighted by atomic mass is 16.7. The Labute approximate surface area is 80.4 Å². The van der Waals surface area contributed by atoms with Crippen LogP contribution in [0.15, 0.2) is 0 Å². The van der Waals surface area contributed by atoms with Gasteiger partial charge in [0.1, 0.15) is 0 Å². The molecule has 0 atom stereocenters. The minimum Gasteiger partial charge on any atom is -0.434 e. The quantitative estimate of drug-likeness (QED) is 0.636. The van der Waals surface area contributed by atoms with E-state index in [0.717, 1.165) is 12.8 Å². The van der Waals surface area contributed by atoms with E-state index < -0.39 is 6.16 Å². The minimum atomic E-state index is -0.550. The van der Waals surface area contributed by atoms with Gasteiger partial charge >= 0.3 is 6.16 Å². The molecule has 0 unspecified atom stereocenters. The van der Waals surface area contributed by atoms with Crippen molar-refractivity contribution in [2.24, 2.45) is 5.41 Å². The summed E-state index contributed by atoms with van der Waals surface area (Å²) in [6, 6.07) is 0. The van der Waals surface area contributed by atoms with E-state index in [9.17, 15) is 4.79 Å². The Morgan fingerprint density at radius 2 is 1.69 bits per heavy atom. The summed E-state index contributed by atoms with van der Waals surface area (Å²) in [5.74, 6) is 0. The van der Waals surface area contributed by atoms with Gasteiger partial charge in [-0.15, -0.1) is 0 Å². The second-order valence-electron chi connectivity index (χ2n) is 4.26. The van der Waals surface area contributed by atoms with Gasteiger partial charge in [0.2, 0.25) is 0 Å². The molecule has 3 heteroatoms. The summed E-state index contributed by atoms with van der Waals surface area (Å²) < 4.78 is 9.60. The van der Waals surface area contributed by atoms with E-state index in [1.807, 2.05) is 6.92 Å². The van der Waals surface area contributed by atoms with Crippen molar-refractivity contribution in [1.29, 1.82) is 0 Å². The zero-order chi connectivity index (χ0) is 10.3. The van der Waals surface area contributed by atoms with Crippen molar-refractivity contribution in [2.45, 2.75) is 40.5 Å². The zero-order valence-corrected chi connectivity index (χ0v) is 9.05. The van der Waals surface area contributed by atoms with Gasteiger partial charge in [0.05, 0.1) is 13.2 Å². The van der Waals surface area contributed by atoms with Crippen molar-refractivity contribution in [3.05, 3.63) is 0 Å². The molecule has 0 radical (unpaired) electrons. The van der Waals surface area contributed by atoms with E-state index in [0.29, 0.717) is 13.2 Å². The molecule has 0 aromatic rings. The van der Waals surface area contributed by atoms with Crippen molar-refractivity contribution >= 4 is 6.16 Å². The first-order chi connectivity index (χ1) is 5.95. The number of carbonyl (C=O) groups is 1. The molecule has 78 valence electrons. The molecule has 0 saturated carbocycles. The topological polar surface area (TPSA) is 35.5 Å². The Bertz CT molecular complexity index is 147. The van der Waals surface area contributed by atoms with Gasteiger partial charge in [-0.1, -0.05) is 27.7 Å². The third-order valence-electron chi connectivity index (χ3n) is 1.50. The van der Waals surface area contributed by atoms with Crippen LogP contribution in [0.5, 0.6) is 0 Å². The lowest BCUT2D eigenvalue weighted by molar-refractivity contribution is 0.0485. The first-order valence-corrected chi connectivity index (χ1v) is 4.75. The van der Waals surface area contributed by atoms with Crippen LogP contribution in [-0.2, 0) is 9.47 Å². The Kier molecular flexibility index (Phi) is 5.51. The van der Waals surface area contributed by atoms with Crippen LogP contribution in [-0.4, -0.2) is 19.4 Å². The van der Waals surface area contributed by atoms with Gasteiger partial charge in [0.15, 0.2) is 0 Å². The smallest absolute Gasteiger partial charge is 0.434 e. The second-order valence-corrected chi connectivity index (χ2v) is 4.26. The summed E-state index contributed by atoms with van der Waals surface area (Å²) in [5.41, 5.74) is 0.199. The fourth-order valence-corrected chi connectivity index (χ4v) is 0.668. The highest BCUT2D eigenvalue weighted by Crippen LogP contribution is 2.17. The summed E-state index contributed by atoms with van der Waals surface area (Å²) in [5, 5.41) is 0. The largest absolute Gasteiger partial charge is 0.508 e. The molecule has 0 heterocycles. The first kappa shape index (κ1) is 12.3. The lowest BCUT2D eigenvalue weighted by Crippen LogP contribution is -2.14. The molecule has 3 nitrogen and oxygen atoms in total. The molecule has 0 rings (SSSR count). The third kappa shape index (κ3) is 9.18. The van der Waals surface area contributed by atoms with E-state index in [4.69, 9.17) is 9.47 Å². The molecule has 13 heavy (non-hydrogen) atoms. The number of rotatable bonds is 4. The number of hydrogen-bond donors (Lipinski definition) is 0. The second kappa shape index (κ2) is 5.84. The molecule has 0 saturated heterocycles. The SMILES string of the molecule is CCCOC(=O)OCCC(C)(C)C. The van der Waals surface area contributed by atoms with E-state index in [2.05, 4.69) is 20.8 Å². The fraction of sp³-hybridized carbons (Fsp3) is 0.900. The molecule has 0 bridgehead atoms. The van der Waals surface area contributed by atoms with Crippen LogP contribution in [0.4, 0.5) is 4.79 Å². The van der Waals surface area contributed by atoms with Gasteiger partial charge < -0.3 is 9.47 Å². The highest BCUT2D eigenvalue weighted by molar-refractivity contribution is 5.59. The standard InChI is InChI=1S/C10H20O3/c1-5-7-12-9(11)13-8-6-10(2,3)4/h5-8H2,1-4H3. The maximum Gasteiger partial charge on any atom is 0.508 e. The minimum absolute atomic E-state index is 0.199. The molecule has 0 amide bonds. The molecule has 0 aliphatic carbocycles. The normalized spacial score (nSPS) is 11.1. The molecule has 0 aromatic carbocycles. The Morgan fingerprint density at radius 1 is 1.15 bits per heavy atom. The van der Waals surface area contributed by atoms with Gasteiger partial charge in [-0.3, -0.25) is 0 Å². The van der Waals surface area contributed by atoms with Crippen LogP contribution in [0.25, 0.3) is 0 Å². The predicted octanol–water partition coefficient (Wildman–Crippen LogP) is 2.99. The van der Waals surface area contributed by atoms with Gasteiger partial charge in [0, 0.05) is 0 Å². The van der Waals surface area contributed by atoms with Crippen LogP contribution >= 0.6 is 0 Å². The summed E-state index contributed by atoms with van der Waals surface area (Å²) >= 11 is 0. The van der Waals surface area contributed by atoms with Crippen LogP contribution in [0.3, 0.4) is 0 Å². The van der Waals surface area contributed by atoms with Crippen LogP contribution in [0.2, 0.25) is 0 Å². The Morgan fingerprint density at radius 3 is 2.15 bits per heavy atom. The van der Waals surface area contributed by atoms with Crippen LogP contribution in [0, 0.1) is 5.41 Å². The van der Waals surface area contributed by atoms with Crippen molar-refractivity contribution in [2.75, 3.05) is 13.2 Å². The molecule has 0 aromatic heterocycles. The van der Waals surface area contributed by atoms with E-state index in [-0.39, 0.29) is 5.41 Å². The van der Waals surface area contributed by atoms with E-state index in [1.54, 1.807) is 0 Å². The summed E-state index contributed by atoms with van der Waals surface area (Å²) in [4.78, 5) is 10.8. The van der Waals surface area contributed by atoms with Crippen molar-refractivity contribution in [3.8, 4) is 0 Å². The monoisotopic (exact) mass is 188 g/mol. The molecule has 0 aliphatic rings. The lowest BCUT2D eigenvalue weighted by atomic mass is 9.93. The maximum atomic E-state index is 10.8. The first-order valence-electron chi connectivity index (χ1n) is 4.75. The summed E-state index contributed by atoms with van der Waals surface area (Å²) in [7, 11) is 0. The number of ether oxygens (including phenoxy) is 2. The Hall–Kier alpha value is -0.730. The van der Waals surface area contributed by atoms with E-state index >= 15 is 0 Å². The average molecular weight is 188 g/mol. The molecular formula is C10H20O3. The van der Waals surface area contributed by atoms with Gasteiger partial charge in [0.25, 0.3) is 0 Å². The number of carbonyl (C=O) groups excluding carboxylic acids is 1. The summed E-state index contributed by atoms with van der Waals surface area (Å²) in [6.07, 6.45) is 1.13. The van der Waals surface area contributed by atoms with Crippen LogP contribution < -0.4 is 0 Å². The predicted molar refractivity (Wildman–Crippen MR) is 51.7 cm³/mol. The average Bonchev–Trinajstić information content (AvgIpc) is 1.98. The zero-order valence-electron chi connectivity index (χ0n) is 9.05. The van der Waals surface area contributed by atoms with Crippen molar-refractivity contribution in [1.82, 2.24) is 0 Å². The summed E-state index contributed by atoms with van der Waals surface area (Å²) in [6.45, 7) is 9.14. The van der Waals surface area contributed by atoms with Crippen molar-refractivity contribution in [3.63, 3.8) is 0 Å². The van der Waals surface area contributed by atoms with Gasteiger partial charge in [-0.2, -0.15) is 0 Å².